The molecule has 0 atom stereocenters. The van der Waals surface area contributed by atoms with Gasteiger partial charge >= 0.3 is 0 Å². The predicted molar refractivity (Wildman–Crippen MR) is 93.0 cm³/mol. The van der Waals surface area contributed by atoms with Crippen LogP contribution in [0.5, 0.6) is 5.75 Å². The van der Waals surface area contributed by atoms with Crippen molar-refractivity contribution >= 4 is 16.9 Å². The molecule has 1 aromatic heterocycles. The lowest BCUT2D eigenvalue weighted by atomic mass is 10.3. The summed E-state index contributed by atoms with van der Waals surface area (Å²) >= 11 is 0. The lowest BCUT2D eigenvalue weighted by Gasteiger charge is -2.19. The first-order valence-corrected chi connectivity index (χ1v) is 8.34. The number of hydrogen-bond donors (Lipinski definition) is 2. The van der Waals surface area contributed by atoms with Crippen molar-refractivity contribution in [2.75, 3.05) is 46.9 Å². The minimum absolute atomic E-state index is 0.0394. The molecule has 0 aliphatic carbocycles. The van der Waals surface area contributed by atoms with E-state index in [4.69, 9.17) is 4.74 Å². The van der Waals surface area contributed by atoms with Crippen LogP contribution in [-0.4, -0.2) is 72.6 Å². The summed E-state index contributed by atoms with van der Waals surface area (Å²) in [5.74, 6) is 1.58. The van der Waals surface area contributed by atoms with Crippen molar-refractivity contribution < 1.29 is 9.53 Å². The maximum absolute atomic E-state index is 12.2. The van der Waals surface area contributed by atoms with E-state index in [-0.39, 0.29) is 5.91 Å². The molecule has 0 unspecified atom stereocenters. The van der Waals surface area contributed by atoms with Gasteiger partial charge in [0.25, 0.3) is 0 Å². The largest absolute Gasteiger partial charge is 0.497 e. The van der Waals surface area contributed by atoms with E-state index in [1.54, 1.807) is 7.11 Å². The van der Waals surface area contributed by atoms with Crippen molar-refractivity contribution in [2.24, 2.45) is 0 Å². The van der Waals surface area contributed by atoms with Crippen molar-refractivity contribution in [1.29, 1.82) is 0 Å². The number of rotatable bonds is 5. The average Bonchev–Trinajstić information content (AvgIpc) is 2.88. The topological polar surface area (TPSA) is 73.5 Å². The molecule has 130 valence electrons. The molecule has 1 fully saturated rings. The molecule has 0 bridgehead atoms. The predicted octanol–water partition coefficient (Wildman–Crippen LogP) is 0.825. The number of hydrogen-bond acceptors (Lipinski definition) is 5. The van der Waals surface area contributed by atoms with Crippen LogP contribution in [0.3, 0.4) is 0 Å². The molecule has 24 heavy (non-hydrogen) atoms. The van der Waals surface area contributed by atoms with Crippen molar-refractivity contribution in [3.63, 3.8) is 0 Å². The molecule has 1 aliphatic rings. The van der Waals surface area contributed by atoms with Crippen molar-refractivity contribution in [3.8, 4) is 5.75 Å². The molecular weight excluding hydrogens is 306 g/mol. The number of nitrogens with one attached hydrogen (secondary N) is 2. The van der Waals surface area contributed by atoms with Crippen LogP contribution in [0.15, 0.2) is 18.2 Å². The minimum atomic E-state index is 0.0394. The Bertz CT molecular complexity index is 699. The van der Waals surface area contributed by atoms with Gasteiger partial charge in [0.1, 0.15) is 11.6 Å². The van der Waals surface area contributed by atoms with Gasteiger partial charge in [-0.25, -0.2) is 4.98 Å². The van der Waals surface area contributed by atoms with E-state index in [2.05, 4.69) is 32.1 Å². The summed E-state index contributed by atoms with van der Waals surface area (Å²) in [7, 11) is 3.76. The van der Waals surface area contributed by atoms with Crippen molar-refractivity contribution in [1.82, 2.24) is 25.1 Å². The average molecular weight is 331 g/mol. The Labute approximate surface area is 142 Å². The van der Waals surface area contributed by atoms with Gasteiger partial charge in [0.05, 0.1) is 31.2 Å². The summed E-state index contributed by atoms with van der Waals surface area (Å²) in [6, 6.07) is 5.69. The van der Waals surface area contributed by atoms with E-state index in [1.807, 2.05) is 18.2 Å². The molecule has 2 heterocycles. The summed E-state index contributed by atoms with van der Waals surface area (Å²) < 4.78 is 5.21. The molecule has 3 rings (SSSR count). The third-order valence-electron chi connectivity index (χ3n) is 4.37. The number of aromatic amines is 1. The number of likely N-dealkylation sites (N-methyl/N-ethyl adjacent to an activating group) is 1. The lowest BCUT2D eigenvalue weighted by molar-refractivity contribution is -0.122. The fraction of sp³-hybridized carbons (Fsp3) is 0.529. The first kappa shape index (κ1) is 16.7. The third kappa shape index (κ3) is 4.24. The maximum Gasteiger partial charge on any atom is 0.234 e. The van der Waals surface area contributed by atoms with Gasteiger partial charge in [-0.3, -0.25) is 9.69 Å². The molecule has 7 heteroatoms. The van der Waals surface area contributed by atoms with Gasteiger partial charge in [0, 0.05) is 19.2 Å². The molecular formula is C17H25N5O2. The third-order valence-corrected chi connectivity index (χ3v) is 4.37. The van der Waals surface area contributed by atoms with Crippen molar-refractivity contribution in [3.05, 3.63) is 24.0 Å². The smallest absolute Gasteiger partial charge is 0.234 e. The monoisotopic (exact) mass is 331 g/mol. The van der Waals surface area contributed by atoms with E-state index in [0.29, 0.717) is 13.1 Å². The highest BCUT2D eigenvalue weighted by Gasteiger charge is 2.15. The number of benzene rings is 1. The van der Waals surface area contributed by atoms with Gasteiger partial charge < -0.3 is 19.9 Å². The van der Waals surface area contributed by atoms with Gasteiger partial charge in [0.2, 0.25) is 5.91 Å². The Morgan fingerprint density at radius 2 is 2.21 bits per heavy atom. The molecule has 1 aromatic carbocycles. The van der Waals surface area contributed by atoms with E-state index < -0.39 is 0 Å². The van der Waals surface area contributed by atoms with E-state index >= 15 is 0 Å². The van der Waals surface area contributed by atoms with Crippen LogP contribution in [0, 0.1) is 0 Å². The first-order chi connectivity index (χ1) is 11.6. The zero-order valence-electron chi connectivity index (χ0n) is 14.3. The van der Waals surface area contributed by atoms with Crippen LogP contribution >= 0.6 is 0 Å². The van der Waals surface area contributed by atoms with Crippen LogP contribution in [0.1, 0.15) is 12.2 Å². The Balaban J connectivity index is 1.52. The number of fused-ring (bicyclic) bond motifs is 1. The number of H-pyrrole nitrogens is 1. The number of aromatic nitrogens is 2. The van der Waals surface area contributed by atoms with Crippen LogP contribution in [0.2, 0.25) is 0 Å². The number of amides is 1. The highest BCUT2D eigenvalue weighted by molar-refractivity contribution is 5.79. The van der Waals surface area contributed by atoms with Crippen molar-refractivity contribution in [2.45, 2.75) is 13.0 Å². The molecule has 0 saturated carbocycles. The number of nitrogens with zero attached hydrogens (tertiary/aromatic N) is 3. The second-order valence-corrected chi connectivity index (χ2v) is 6.28. The molecule has 1 aliphatic heterocycles. The molecule has 0 spiro atoms. The van der Waals surface area contributed by atoms with Crippen LogP contribution in [0.4, 0.5) is 0 Å². The van der Waals surface area contributed by atoms with E-state index in [9.17, 15) is 4.79 Å². The molecule has 1 saturated heterocycles. The fourth-order valence-corrected chi connectivity index (χ4v) is 2.95. The van der Waals surface area contributed by atoms with Crippen LogP contribution in [0.25, 0.3) is 11.0 Å². The number of carbonyl (C=O) groups excluding carboxylic acids is 1. The molecule has 1 amide bonds. The quantitative estimate of drug-likeness (QED) is 0.849. The first-order valence-electron chi connectivity index (χ1n) is 8.34. The maximum atomic E-state index is 12.2. The highest BCUT2D eigenvalue weighted by atomic mass is 16.5. The number of ether oxygens (including phenoxy) is 1. The number of carbonyl (C=O) groups is 1. The standard InChI is InChI=1S/C17H25N5O2/c1-21-6-3-7-22(9-8-21)12-17(23)18-11-16-19-14-5-4-13(24-2)10-15(14)20-16/h4-5,10H,3,6-9,11-12H2,1-2H3,(H,18,23)(H,19,20). The summed E-state index contributed by atoms with van der Waals surface area (Å²) in [4.78, 5) is 24.4. The normalized spacial score (nSPS) is 16.9. The van der Waals surface area contributed by atoms with Gasteiger partial charge in [-0.1, -0.05) is 0 Å². The van der Waals surface area contributed by atoms with Crippen LogP contribution < -0.4 is 10.1 Å². The number of methoxy groups -OCH3 is 1. The Morgan fingerprint density at radius 3 is 3.04 bits per heavy atom. The van der Waals surface area contributed by atoms with Gasteiger partial charge in [-0.05, 0) is 38.7 Å². The Morgan fingerprint density at radius 1 is 1.33 bits per heavy atom. The second-order valence-electron chi connectivity index (χ2n) is 6.28. The highest BCUT2D eigenvalue weighted by Crippen LogP contribution is 2.18. The zero-order valence-corrected chi connectivity index (χ0v) is 14.3. The second kappa shape index (κ2) is 7.63. The summed E-state index contributed by atoms with van der Waals surface area (Å²) in [6.45, 7) is 4.88. The van der Waals surface area contributed by atoms with Gasteiger partial charge in [0.15, 0.2) is 0 Å². The molecule has 2 aromatic rings. The lowest BCUT2D eigenvalue weighted by Crippen LogP contribution is -2.38. The molecule has 7 nitrogen and oxygen atoms in total. The molecule has 2 N–H and O–H groups in total. The fourth-order valence-electron chi connectivity index (χ4n) is 2.95. The summed E-state index contributed by atoms with van der Waals surface area (Å²) in [5, 5.41) is 2.95. The molecule has 0 radical (unpaired) electrons. The van der Waals surface area contributed by atoms with Gasteiger partial charge in [-0.15, -0.1) is 0 Å². The van der Waals surface area contributed by atoms with Crippen LogP contribution in [-0.2, 0) is 11.3 Å². The van der Waals surface area contributed by atoms with E-state index in [0.717, 1.165) is 55.2 Å². The summed E-state index contributed by atoms with van der Waals surface area (Å²) in [5.41, 5.74) is 1.78. The van der Waals surface area contributed by atoms with Gasteiger partial charge in [-0.2, -0.15) is 0 Å². The Kier molecular flexibility index (Phi) is 5.32. The Hall–Kier alpha value is -2.12. The number of imidazole rings is 1. The zero-order chi connectivity index (χ0) is 16.9. The van der Waals surface area contributed by atoms with E-state index in [1.165, 1.54) is 0 Å². The SMILES string of the molecule is COc1ccc2nc(CNC(=O)CN3CCCN(C)CC3)[nH]c2c1. The summed E-state index contributed by atoms with van der Waals surface area (Å²) in [6.07, 6.45) is 1.11. The minimum Gasteiger partial charge on any atom is -0.497 e.